The first-order valence-corrected chi connectivity index (χ1v) is 6.61. The summed E-state index contributed by atoms with van der Waals surface area (Å²) in [7, 11) is 0. The molecule has 0 atom stereocenters. The number of aromatic nitrogens is 2. The van der Waals surface area contributed by atoms with E-state index >= 15 is 0 Å². The Hall–Kier alpha value is -1.46. The van der Waals surface area contributed by atoms with Crippen LogP contribution in [-0.2, 0) is 0 Å². The quantitative estimate of drug-likeness (QED) is 0.923. The van der Waals surface area contributed by atoms with Gasteiger partial charge in [0.2, 0.25) is 5.95 Å². The summed E-state index contributed by atoms with van der Waals surface area (Å²) in [6.07, 6.45) is 4.40. The molecule has 0 bridgehead atoms. The van der Waals surface area contributed by atoms with E-state index in [9.17, 15) is 0 Å². The first-order valence-electron chi connectivity index (χ1n) is 5.81. The smallest absolute Gasteiger partial charge is 0.229 e. The number of anilines is 2. The van der Waals surface area contributed by atoms with Gasteiger partial charge in [-0.15, -0.1) is 0 Å². The number of rotatable bonds is 5. The number of nitrogens with zero attached hydrogens (tertiary/aromatic N) is 3. The number of hydrogen-bond acceptors (Lipinski definition) is 4. The van der Waals surface area contributed by atoms with Gasteiger partial charge >= 0.3 is 0 Å². The van der Waals surface area contributed by atoms with Gasteiger partial charge in [-0.25, -0.2) is 9.97 Å². The minimum Gasteiger partial charge on any atom is -0.330 e. The van der Waals surface area contributed by atoms with Crippen LogP contribution < -0.4 is 10.6 Å². The maximum Gasteiger partial charge on any atom is 0.229 e. The number of halogens is 1. The van der Waals surface area contributed by atoms with Gasteiger partial charge in [-0.3, -0.25) is 0 Å². The number of para-hydroxylation sites is 1. The highest BCUT2D eigenvalue weighted by molar-refractivity contribution is 9.10. The normalized spacial score (nSPS) is 10.3. The minimum absolute atomic E-state index is 0.653. The molecular weight excluding hydrogens is 292 g/mol. The lowest BCUT2D eigenvalue weighted by molar-refractivity contribution is 0.798. The van der Waals surface area contributed by atoms with Crippen LogP contribution in [0.25, 0.3) is 0 Å². The summed E-state index contributed by atoms with van der Waals surface area (Å²) in [6.45, 7) is 1.46. The largest absolute Gasteiger partial charge is 0.330 e. The molecule has 0 saturated carbocycles. The van der Waals surface area contributed by atoms with Gasteiger partial charge in [-0.2, -0.15) is 0 Å². The Balaban J connectivity index is 2.27. The molecule has 4 nitrogen and oxygen atoms in total. The van der Waals surface area contributed by atoms with Crippen LogP contribution in [0.2, 0.25) is 0 Å². The van der Waals surface area contributed by atoms with Gasteiger partial charge in [0.25, 0.3) is 0 Å². The second kappa shape index (κ2) is 6.47. The molecule has 0 fully saturated rings. The van der Waals surface area contributed by atoms with Gasteiger partial charge in [0.1, 0.15) is 0 Å². The van der Waals surface area contributed by atoms with E-state index < -0.39 is 0 Å². The van der Waals surface area contributed by atoms with Crippen molar-refractivity contribution in [1.82, 2.24) is 9.97 Å². The summed E-state index contributed by atoms with van der Waals surface area (Å²) in [5, 5.41) is 0. The predicted molar refractivity (Wildman–Crippen MR) is 76.9 cm³/mol. The monoisotopic (exact) mass is 306 g/mol. The Bertz CT molecular complexity index is 472. The van der Waals surface area contributed by atoms with Crippen LogP contribution in [0.15, 0.2) is 47.2 Å². The van der Waals surface area contributed by atoms with E-state index in [4.69, 9.17) is 5.73 Å². The van der Waals surface area contributed by atoms with Crippen LogP contribution in [0, 0.1) is 0 Å². The Morgan fingerprint density at radius 2 is 1.78 bits per heavy atom. The van der Waals surface area contributed by atoms with Gasteiger partial charge in [0.15, 0.2) is 0 Å². The predicted octanol–water partition coefficient (Wildman–Crippen LogP) is 2.73. The molecule has 0 aliphatic heterocycles. The van der Waals surface area contributed by atoms with E-state index in [1.807, 2.05) is 30.3 Å². The summed E-state index contributed by atoms with van der Waals surface area (Å²) >= 11 is 3.34. The van der Waals surface area contributed by atoms with Gasteiger partial charge in [-0.05, 0) is 41.0 Å². The molecule has 0 unspecified atom stereocenters. The lowest BCUT2D eigenvalue weighted by atomic mass is 10.3. The molecule has 1 aromatic carbocycles. The summed E-state index contributed by atoms with van der Waals surface area (Å²) in [5.74, 6) is 0.692. The van der Waals surface area contributed by atoms with Crippen LogP contribution in [0.4, 0.5) is 11.6 Å². The molecule has 5 heteroatoms. The molecular formula is C13H15BrN4. The first kappa shape index (κ1) is 13.0. The molecule has 1 heterocycles. The van der Waals surface area contributed by atoms with E-state index in [-0.39, 0.29) is 0 Å². The third-order valence-corrected chi connectivity index (χ3v) is 2.91. The Kier molecular flexibility index (Phi) is 4.66. The highest BCUT2D eigenvalue weighted by Gasteiger charge is 2.10. The molecule has 18 heavy (non-hydrogen) atoms. The molecule has 0 radical (unpaired) electrons. The fraction of sp³-hybridized carbons (Fsp3) is 0.231. The van der Waals surface area contributed by atoms with Crippen molar-refractivity contribution in [3.8, 4) is 0 Å². The molecule has 0 saturated heterocycles. The Morgan fingerprint density at radius 1 is 1.11 bits per heavy atom. The average molecular weight is 307 g/mol. The second-order valence-corrected chi connectivity index (χ2v) is 4.75. The van der Waals surface area contributed by atoms with Gasteiger partial charge in [0, 0.05) is 24.6 Å². The molecule has 0 aliphatic rings. The molecule has 2 N–H and O–H groups in total. The third kappa shape index (κ3) is 3.27. The van der Waals surface area contributed by atoms with Crippen molar-refractivity contribution in [2.75, 3.05) is 18.0 Å². The standard InChI is InChI=1S/C13H15BrN4/c14-11-9-16-13(17-10-11)18(8-4-7-15)12-5-2-1-3-6-12/h1-3,5-6,9-10H,4,7-8,15H2. The zero-order valence-electron chi connectivity index (χ0n) is 9.96. The van der Waals surface area contributed by atoms with Crippen molar-refractivity contribution in [3.63, 3.8) is 0 Å². The first-order chi connectivity index (χ1) is 8.81. The van der Waals surface area contributed by atoms with Crippen molar-refractivity contribution in [1.29, 1.82) is 0 Å². The van der Waals surface area contributed by atoms with Crippen molar-refractivity contribution in [3.05, 3.63) is 47.2 Å². The van der Waals surface area contributed by atoms with Gasteiger partial charge in [0.05, 0.1) is 4.47 Å². The number of nitrogens with two attached hydrogens (primary N) is 1. The number of hydrogen-bond donors (Lipinski definition) is 1. The number of benzene rings is 1. The molecule has 2 rings (SSSR count). The van der Waals surface area contributed by atoms with Gasteiger partial charge < -0.3 is 10.6 Å². The molecule has 0 amide bonds. The Morgan fingerprint density at radius 3 is 2.39 bits per heavy atom. The summed E-state index contributed by atoms with van der Waals surface area (Å²) in [6, 6.07) is 10.1. The Labute approximate surface area is 115 Å². The fourth-order valence-electron chi connectivity index (χ4n) is 1.65. The molecule has 0 aliphatic carbocycles. The van der Waals surface area contributed by atoms with Crippen LogP contribution >= 0.6 is 15.9 Å². The van der Waals surface area contributed by atoms with E-state index in [0.717, 1.165) is 23.1 Å². The summed E-state index contributed by atoms with van der Waals surface area (Å²) < 4.78 is 0.873. The zero-order chi connectivity index (χ0) is 12.8. The molecule has 0 spiro atoms. The molecule has 2 aromatic rings. The molecule has 1 aromatic heterocycles. The van der Waals surface area contributed by atoms with Crippen molar-refractivity contribution in [2.24, 2.45) is 5.73 Å². The minimum atomic E-state index is 0.653. The third-order valence-electron chi connectivity index (χ3n) is 2.50. The van der Waals surface area contributed by atoms with E-state index in [1.54, 1.807) is 12.4 Å². The fourth-order valence-corrected chi connectivity index (χ4v) is 1.85. The summed E-state index contributed by atoms with van der Waals surface area (Å²) in [5.41, 5.74) is 6.66. The van der Waals surface area contributed by atoms with Crippen molar-refractivity contribution < 1.29 is 0 Å². The second-order valence-electron chi connectivity index (χ2n) is 3.83. The highest BCUT2D eigenvalue weighted by atomic mass is 79.9. The molecule has 94 valence electrons. The van der Waals surface area contributed by atoms with Gasteiger partial charge in [-0.1, -0.05) is 18.2 Å². The summed E-state index contributed by atoms with van der Waals surface area (Å²) in [4.78, 5) is 10.7. The average Bonchev–Trinajstić information content (AvgIpc) is 2.42. The maximum absolute atomic E-state index is 5.58. The van der Waals surface area contributed by atoms with Crippen LogP contribution in [0.3, 0.4) is 0 Å². The van der Waals surface area contributed by atoms with Crippen LogP contribution in [0.1, 0.15) is 6.42 Å². The van der Waals surface area contributed by atoms with Crippen LogP contribution in [-0.4, -0.2) is 23.1 Å². The SMILES string of the molecule is NCCCN(c1ccccc1)c1ncc(Br)cn1. The van der Waals surface area contributed by atoms with Crippen molar-refractivity contribution in [2.45, 2.75) is 6.42 Å². The van der Waals surface area contributed by atoms with E-state index in [1.165, 1.54) is 0 Å². The lowest BCUT2D eigenvalue weighted by Crippen LogP contribution is -2.22. The highest BCUT2D eigenvalue weighted by Crippen LogP contribution is 2.22. The van der Waals surface area contributed by atoms with Crippen molar-refractivity contribution >= 4 is 27.6 Å². The zero-order valence-corrected chi connectivity index (χ0v) is 11.5. The van der Waals surface area contributed by atoms with E-state index in [2.05, 4.69) is 30.8 Å². The topological polar surface area (TPSA) is 55.0 Å². The lowest BCUT2D eigenvalue weighted by Gasteiger charge is -2.22. The van der Waals surface area contributed by atoms with Crippen LogP contribution in [0.5, 0.6) is 0 Å². The van der Waals surface area contributed by atoms with E-state index in [0.29, 0.717) is 12.5 Å². The maximum atomic E-state index is 5.58.